The molecule has 3 nitrogen and oxygen atoms in total. The Balaban J connectivity index is 2.01. The van der Waals surface area contributed by atoms with Gasteiger partial charge in [0.15, 0.2) is 0 Å². The minimum atomic E-state index is -0.459. The Morgan fingerprint density at radius 3 is 2.50 bits per heavy atom. The quantitative estimate of drug-likeness (QED) is 0.719. The van der Waals surface area contributed by atoms with Crippen molar-refractivity contribution in [3.05, 3.63) is 0 Å². The summed E-state index contributed by atoms with van der Waals surface area (Å²) >= 11 is 5.03. The summed E-state index contributed by atoms with van der Waals surface area (Å²) in [5.41, 5.74) is 5.24. The first kappa shape index (κ1) is 11.8. The first-order chi connectivity index (χ1) is 7.60. The van der Waals surface area contributed by atoms with Crippen LogP contribution in [0.3, 0.4) is 0 Å². The maximum Gasteiger partial charge on any atom is 0.235 e. The van der Waals surface area contributed by atoms with E-state index in [1.165, 1.54) is 12.8 Å². The summed E-state index contributed by atoms with van der Waals surface area (Å²) in [6.45, 7) is 3.87. The third-order valence-electron chi connectivity index (χ3n) is 3.59. The van der Waals surface area contributed by atoms with Gasteiger partial charge < -0.3 is 10.6 Å². The standard InChI is InChI=1S/C12H20N2OS/c1-2-7-14(8-9-3-4-9)11(15)12(5-6-12)10(13)16/h9H,2-8H2,1H3,(H2,13,16). The molecule has 0 spiro atoms. The third-order valence-corrected chi connectivity index (χ3v) is 3.98. The molecule has 90 valence electrons. The Labute approximate surface area is 102 Å². The highest BCUT2D eigenvalue weighted by molar-refractivity contribution is 7.80. The van der Waals surface area contributed by atoms with Gasteiger partial charge in [-0.25, -0.2) is 0 Å². The van der Waals surface area contributed by atoms with Gasteiger partial charge in [-0.3, -0.25) is 4.79 Å². The third kappa shape index (κ3) is 2.21. The van der Waals surface area contributed by atoms with Gasteiger partial charge >= 0.3 is 0 Å². The Morgan fingerprint density at radius 1 is 1.50 bits per heavy atom. The number of nitrogens with zero attached hydrogens (tertiary/aromatic N) is 1. The van der Waals surface area contributed by atoms with E-state index in [1.807, 2.05) is 4.90 Å². The lowest BCUT2D eigenvalue weighted by molar-refractivity contribution is -0.134. The van der Waals surface area contributed by atoms with Gasteiger partial charge in [0.25, 0.3) is 0 Å². The zero-order chi connectivity index (χ0) is 11.8. The van der Waals surface area contributed by atoms with E-state index in [2.05, 4.69) is 6.92 Å². The zero-order valence-corrected chi connectivity index (χ0v) is 10.7. The number of rotatable bonds is 6. The Kier molecular flexibility index (Phi) is 3.19. The maximum absolute atomic E-state index is 12.4. The van der Waals surface area contributed by atoms with Crippen LogP contribution in [-0.2, 0) is 4.79 Å². The maximum atomic E-state index is 12.4. The lowest BCUT2D eigenvalue weighted by atomic mass is 10.1. The fourth-order valence-corrected chi connectivity index (χ4v) is 2.44. The van der Waals surface area contributed by atoms with Gasteiger partial charge in [-0.2, -0.15) is 0 Å². The smallest absolute Gasteiger partial charge is 0.235 e. The molecule has 0 aliphatic heterocycles. The van der Waals surface area contributed by atoms with Crippen molar-refractivity contribution in [2.45, 2.75) is 39.0 Å². The number of hydrogen-bond acceptors (Lipinski definition) is 2. The molecular formula is C12H20N2OS. The van der Waals surface area contributed by atoms with Crippen LogP contribution in [0.15, 0.2) is 0 Å². The molecule has 2 aliphatic rings. The lowest BCUT2D eigenvalue weighted by Gasteiger charge is -2.26. The summed E-state index contributed by atoms with van der Waals surface area (Å²) in [6.07, 6.45) is 5.26. The molecule has 0 aromatic rings. The summed E-state index contributed by atoms with van der Waals surface area (Å²) < 4.78 is 0. The largest absolute Gasteiger partial charge is 0.392 e. The van der Waals surface area contributed by atoms with Crippen molar-refractivity contribution in [3.8, 4) is 0 Å². The molecule has 4 heteroatoms. The minimum absolute atomic E-state index is 0.189. The molecule has 1 amide bonds. The minimum Gasteiger partial charge on any atom is -0.392 e. The Morgan fingerprint density at radius 2 is 2.12 bits per heavy atom. The molecule has 2 N–H and O–H groups in total. The molecule has 16 heavy (non-hydrogen) atoms. The van der Waals surface area contributed by atoms with E-state index < -0.39 is 5.41 Å². The van der Waals surface area contributed by atoms with Gasteiger partial charge in [0, 0.05) is 13.1 Å². The second-order valence-electron chi connectivity index (χ2n) is 5.14. The molecule has 0 unspecified atom stereocenters. The van der Waals surface area contributed by atoms with Crippen LogP contribution in [0.2, 0.25) is 0 Å². The Hall–Kier alpha value is -0.640. The van der Waals surface area contributed by atoms with E-state index in [-0.39, 0.29) is 5.91 Å². The summed E-state index contributed by atoms with van der Waals surface area (Å²) in [6, 6.07) is 0. The van der Waals surface area contributed by atoms with E-state index in [0.717, 1.165) is 38.3 Å². The summed E-state index contributed by atoms with van der Waals surface area (Å²) in [4.78, 5) is 14.8. The molecule has 0 heterocycles. The first-order valence-corrected chi connectivity index (χ1v) is 6.60. The van der Waals surface area contributed by atoms with Crippen molar-refractivity contribution in [2.75, 3.05) is 13.1 Å². The highest BCUT2D eigenvalue weighted by Crippen LogP contribution is 2.48. The van der Waals surface area contributed by atoms with Gasteiger partial charge in [0.05, 0.1) is 10.4 Å². The molecule has 2 rings (SSSR count). The van der Waals surface area contributed by atoms with Gasteiger partial charge in [0.1, 0.15) is 0 Å². The molecule has 2 aliphatic carbocycles. The van der Waals surface area contributed by atoms with Crippen LogP contribution in [0.25, 0.3) is 0 Å². The number of thiocarbonyl (C=S) groups is 1. The van der Waals surface area contributed by atoms with E-state index in [0.29, 0.717) is 4.99 Å². The number of nitrogens with two attached hydrogens (primary N) is 1. The van der Waals surface area contributed by atoms with Gasteiger partial charge in [-0.05, 0) is 38.0 Å². The van der Waals surface area contributed by atoms with Crippen molar-refractivity contribution in [2.24, 2.45) is 17.1 Å². The highest BCUT2D eigenvalue weighted by atomic mass is 32.1. The summed E-state index contributed by atoms with van der Waals surface area (Å²) in [7, 11) is 0. The molecular weight excluding hydrogens is 220 g/mol. The molecule has 0 aromatic carbocycles. The summed E-state index contributed by atoms with van der Waals surface area (Å²) in [5, 5.41) is 0. The number of hydrogen-bond donors (Lipinski definition) is 1. The SMILES string of the molecule is CCCN(CC1CC1)C(=O)C1(C(N)=S)CC1. The van der Waals surface area contributed by atoms with E-state index in [1.54, 1.807) is 0 Å². The van der Waals surface area contributed by atoms with Crippen molar-refractivity contribution in [1.82, 2.24) is 4.90 Å². The molecule has 2 fully saturated rings. The van der Waals surface area contributed by atoms with Crippen molar-refractivity contribution < 1.29 is 4.79 Å². The summed E-state index contributed by atoms with van der Waals surface area (Å²) in [5.74, 6) is 0.923. The lowest BCUT2D eigenvalue weighted by Crippen LogP contribution is -2.44. The normalized spacial score (nSPS) is 21.6. The molecule has 0 radical (unpaired) electrons. The van der Waals surface area contributed by atoms with Gasteiger partial charge in [0.2, 0.25) is 5.91 Å². The molecule has 0 aromatic heterocycles. The Bertz CT molecular complexity index is 308. The fraction of sp³-hybridized carbons (Fsp3) is 0.833. The molecule has 0 bridgehead atoms. The predicted octanol–water partition coefficient (Wildman–Crippen LogP) is 1.70. The number of carbonyl (C=O) groups is 1. The van der Waals surface area contributed by atoms with Gasteiger partial charge in [-0.1, -0.05) is 19.1 Å². The molecule has 0 saturated heterocycles. The van der Waals surface area contributed by atoms with Crippen LogP contribution >= 0.6 is 12.2 Å². The average Bonchev–Trinajstić information content (AvgIpc) is 3.11. The topological polar surface area (TPSA) is 46.3 Å². The highest BCUT2D eigenvalue weighted by Gasteiger charge is 2.54. The van der Waals surface area contributed by atoms with Crippen LogP contribution in [0.4, 0.5) is 0 Å². The van der Waals surface area contributed by atoms with Crippen LogP contribution in [0.1, 0.15) is 39.0 Å². The van der Waals surface area contributed by atoms with Crippen molar-refractivity contribution >= 4 is 23.1 Å². The molecule has 2 saturated carbocycles. The second-order valence-corrected chi connectivity index (χ2v) is 5.58. The van der Waals surface area contributed by atoms with E-state index >= 15 is 0 Å². The van der Waals surface area contributed by atoms with E-state index in [4.69, 9.17) is 18.0 Å². The van der Waals surface area contributed by atoms with Crippen LogP contribution in [-0.4, -0.2) is 28.9 Å². The number of carbonyl (C=O) groups excluding carboxylic acids is 1. The van der Waals surface area contributed by atoms with Crippen molar-refractivity contribution in [1.29, 1.82) is 0 Å². The van der Waals surface area contributed by atoms with E-state index in [9.17, 15) is 4.79 Å². The predicted molar refractivity (Wildman–Crippen MR) is 68.0 cm³/mol. The zero-order valence-electron chi connectivity index (χ0n) is 9.87. The number of amides is 1. The van der Waals surface area contributed by atoms with Crippen molar-refractivity contribution in [3.63, 3.8) is 0 Å². The van der Waals surface area contributed by atoms with Crippen LogP contribution in [0.5, 0.6) is 0 Å². The molecule has 0 atom stereocenters. The first-order valence-electron chi connectivity index (χ1n) is 6.19. The van der Waals surface area contributed by atoms with Gasteiger partial charge in [-0.15, -0.1) is 0 Å². The van der Waals surface area contributed by atoms with Crippen LogP contribution in [0, 0.1) is 11.3 Å². The average molecular weight is 240 g/mol. The monoisotopic (exact) mass is 240 g/mol. The fourth-order valence-electron chi connectivity index (χ4n) is 2.15. The second kappa shape index (κ2) is 4.32. The van der Waals surface area contributed by atoms with Crippen LogP contribution < -0.4 is 5.73 Å².